The van der Waals surface area contributed by atoms with E-state index in [0.717, 1.165) is 9.13 Å². The van der Waals surface area contributed by atoms with Crippen LogP contribution in [0.25, 0.3) is 0 Å². The van der Waals surface area contributed by atoms with Crippen LogP contribution in [0.3, 0.4) is 0 Å². The number of aryl methyl sites for hydroxylation is 2. The van der Waals surface area contributed by atoms with Gasteiger partial charge in [-0.15, -0.1) is 0 Å². The summed E-state index contributed by atoms with van der Waals surface area (Å²) < 4.78 is 34.3. The smallest absolute Gasteiger partial charge is 0.262 e. The zero-order valence-electron chi connectivity index (χ0n) is 12.7. The monoisotopic (exact) mass is 431 g/mol. The molecule has 0 aromatic heterocycles. The maximum atomic E-state index is 12.6. The van der Waals surface area contributed by atoms with Crippen LogP contribution in [0, 0.1) is 17.4 Å². The van der Waals surface area contributed by atoms with Crippen LogP contribution in [0.15, 0.2) is 41.3 Å². The van der Waals surface area contributed by atoms with Crippen molar-refractivity contribution < 1.29 is 13.2 Å². The molecule has 0 aliphatic heterocycles. The Balaban J connectivity index is 2.37. The van der Waals surface area contributed by atoms with Crippen molar-refractivity contribution in [2.24, 2.45) is 0 Å². The highest BCUT2D eigenvalue weighted by Gasteiger charge is 2.19. The van der Waals surface area contributed by atoms with E-state index in [-0.39, 0.29) is 4.90 Å². The molecule has 0 spiro atoms. The minimum Gasteiger partial charge on any atom is -0.494 e. The fraction of sp³-hybridized carbons (Fsp3) is 0.250. The molecule has 0 saturated heterocycles. The molecular weight excluding hydrogens is 413 g/mol. The van der Waals surface area contributed by atoms with Crippen LogP contribution in [-0.2, 0) is 10.0 Å². The summed E-state index contributed by atoms with van der Waals surface area (Å²) >= 11 is 2.18. The van der Waals surface area contributed by atoms with Gasteiger partial charge in [0.25, 0.3) is 10.0 Å². The van der Waals surface area contributed by atoms with Crippen molar-refractivity contribution in [3.8, 4) is 5.75 Å². The number of rotatable bonds is 5. The van der Waals surface area contributed by atoms with Gasteiger partial charge in [-0.05, 0) is 90.9 Å². The second kappa shape index (κ2) is 6.87. The van der Waals surface area contributed by atoms with E-state index in [9.17, 15) is 8.42 Å². The van der Waals surface area contributed by atoms with Gasteiger partial charge in [0.2, 0.25) is 0 Å². The molecule has 0 amide bonds. The van der Waals surface area contributed by atoms with Crippen molar-refractivity contribution >= 4 is 38.3 Å². The van der Waals surface area contributed by atoms with E-state index in [4.69, 9.17) is 4.74 Å². The molecule has 0 fully saturated rings. The standard InChI is InChI=1S/C16H18INO3S/c1-4-21-15-9-12(3)16(10-11(15)2)22(19,20)18-14-7-5-13(17)6-8-14/h5-10,18H,4H2,1-3H3. The molecular formula is C16H18INO3S. The third-order valence-electron chi connectivity index (χ3n) is 3.16. The van der Waals surface area contributed by atoms with Crippen LogP contribution in [0.4, 0.5) is 5.69 Å². The van der Waals surface area contributed by atoms with Crippen molar-refractivity contribution in [3.05, 3.63) is 51.1 Å². The molecule has 22 heavy (non-hydrogen) atoms. The van der Waals surface area contributed by atoms with Crippen molar-refractivity contribution in [2.45, 2.75) is 25.7 Å². The Kier molecular flexibility index (Phi) is 5.33. The lowest BCUT2D eigenvalue weighted by Gasteiger charge is -2.14. The second-order valence-electron chi connectivity index (χ2n) is 4.93. The lowest BCUT2D eigenvalue weighted by molar-refractivity contribution is 0.337. The van der Waals surface area contributed by atoms with Gasteiger partial charge in [0.05, 0.1) is 11.5 Å². The van der Waals surface area contributed by atoms with E-state index >= 15 is 0 Å². The lowest BCUT2D eigenvalue weighted by Crippen LogP contribution is -2.14. The van der Waals surface area contributed by atoms with Crippen molar-refractivity contribution in [2.75, 3.05) is 11.3 Å². The van der Waals surface area contributed by atoms with Crippen LogP contribution in [0.2, 0.25) is 0 Å². The van der Waals surface area contributed by atoms with Gasteiger partial charge in [-0.2, -0.15) is 0 Å². The molecule has 0 heterocycles. The Morgan fingerprint density at radius 2 is 1.73 bits per heavy atom. The number of hydrogen-bond acceptors (Lipinski definition) is 3. The molecule has 118 valence electrons. The Labute approximate surface area is 145 Å². The highest BCUT2D eigenvalue weighted by Crippen LogP contribution is 2.27. The number of nitrogens with one attached hydrogen (secondary N) is 1. The number of hydrogen-bond donors (Lipinski definition) is 1. The van der Waals surface area contributed by atoms with Gasteiger partial charge in [0.1, 0.15) is 5.75 Å². The zero-order valence-corrected chi connectivity index (χ0v) is 15.7. The molecule has 0 aliphatic rings. The first-order chi connectivity index (χ1) is 10.3. The average molecular weight is 431 g/mol. The van der Waals surface area contributed by atoms with Crippen molar-refractivity contribution in [1.29, 1.82) is 0 Å². The highest BCUT2D eigenvalue weighted by molar-refractivity contribution is 14.1. The molecule has 0 saturated carbocycles. The first-order valence-electron chi connectivity index (χ1n) is 6.86. The maximum absolute atomic E-state index is 12.6. The molecule has 1 N–H and O–H groups in total. The molecule has 2 aromatic carbocycles. The Hall–Kier alpha value is -1.28. The zero-order chi connectivity index (χ0) is 16.3. The van der Waals surface area contributed by atoms with Crippen molar-refractivity contribution in [1.82, 2.24) is 0 Å². The van der Waals surface area contributed by atoms with Crippen LogP contribution >= 0.6 is 22.6 Å². The van der Waals surface area contributed by atoms with Gasteiger partial charge < -0.3 is 4.74 Å². The van der Waals surface area contributed by atoms with E-state index in [1.807, 2.05) is 26.0 Å². The first-order valence-corrected chi connectivity index (χ1v) is 9.42. The Bertz CT molecular complexity index is 771. The lowest BCUT2D eigenvalue weighted by atomic mass is 10.1. The molecule has 0 unspecified atom stereocenters. The fourth-order valence-electron chi connectivity index (χ4n) is 2.09. The molecule has 4 nitrogen and oxygen atoms in total. The molecule has 2 rings (SSSR count). The summed E-state index contributed by atoms with van der Waals surface area (Å²) in [4.78, 5) is 0.270. The fourth-order valence-corrected chi connectivity index (χ4v) is 3.82. The number of ether oxygens (including phenoxy) is 1. The summed E-state index contributed by atoms with van der Waals surface area (Å²) in [5.74, 6) is 0.716. The van der Waals surface area contributed by atoms with Gasteiger partial charge in [-0.25, -0.2) is 8.42 Å². The van der Waals surface area contributed by atoms with Crippen molar-refractivity contribution in [3.63, 3.8) is 0 Å². The summed E-state index contributed by atoms with van der Waals surface area (Å²) in [6.07, 6.45) is 0. The number of benzene rings is 2. The summed E-state index contributed by atoms with van der Waals surface area (Å²) in [5, 5.41) is 0. The average Bonchev–Trinajstić information content (AvgIpc) is 2.45. The summed E-state index contributed by atoms with van der Waals surface area (Å²) in [6, 6.07) is 10.6. The minimum atomic E-state index is -3.62. The molecule has 0 bridgehead atoms. The number of halogens is 1. The maximum Gasteiger partial charge on any atom is 0.262 e. The third kappa shape index (κ3) is 3.92. The molecule has 6 heteroatoms. The van der Waals surface area contributed by atoms with Gasteiger partial charge in [-0.1, -0.05) is 0 Å². The number of sulfonamides is 1. The predicted molar refractivity (Wildman–Crippen MR) is 97.1 cm³/mol. The topological polar surface area (TPSA) is 55.4 Å². The first kappa shape index (κ1) is 17.1. The largest absolute Gasteiger partial charge is 0.494 e. The van der Waals surface area contributed by atoms with Crippen LogP contribution in [-0.4, -0.2) is 15.0 Å². The number of anilines is 1. The van der Waals surface area contributed by atoms with E-state index in [1.54, 1.807) is 31.2 Å². The van der Waals surface area contributed by atoms with Gasteiger partial charge in [0.15, 0.2) is 0 Å². The van der Waals surface area contributed by atoms with Crippen LogP contribution in [0.1, 0.15) is 18.1 Å². The van der Waals surface area contributed by atoms with Gasteiger partial charge in [0, 0.05) is 9.26 Å². The van der Waals surface area contributed by atoms with E-state index in [1.165, 1.54) is 0 Å². The van der Waals surface area contributed by atoms with E-state index in [0.29, 0.717) is 23.6 Å². The second-order valence-corrected chi connectivity index (χ2v) is 7.83. The molecule has 2 aromatic rings. The van der Waals surface area contributed by atoms with Crippen LogP contribution in [0.5, 0.6) is 5.75 Å². The van der Waals surface area contributed by atoms with E-state index in [2.05, 4.69) is 27.3 Å². The third-order valence-corrected chi connectivity index (χ3v) is 5.40. The Morgan fingerprint density at radius 3 is 2.32 bits per heavy atom. The molecule has 0 atom stereocenters. The summed E-state index contributed by atoms with van der Waals surface area (Å²) in [5.41, 5.74) is 2.01. The van der Waals surface area contributed by atoms with E-state index < -0.39 is 10.0 Å². The predicted octanol–water partition coefficient (Wildman–Crippen LogP) is 4.11. The summed E-state index contributed by atoms with van der Waals surface area (Å²) in [7, 11) is -3.62. The minimum absolute atomic E-state index is 0.270. The van der Waals surface area contributed by atoms with Crippen LogP contribution < -0.4 is 9.46 Å². The summed E-state index contributed by atoms with van der Waals surface area (Å²) in [6.45, 7) is 6.06. The molecule has 0 aliphatic carbocycles. The Morgan fingerprint density at radius 1 is 1.09 bits per heavy atom. The molecule has 0 radical (unpaired) electrons. The SMILES string of the molecule is CCOc1cc(C)c(S(=O)(=O)Nc2ccc(I)cc2)cc1C. The highest BCUT2D eigenvalue weighted by atomic mass is 127. The quantitative estimate of drug-likeness (QED) is 0.726. The normalized spacial score (nSPS) is 11.3. The van der Waals surface area contributed by atoms with Gasteiger partial charge in [-0.3, -0.25) is 4.72 Å². The van der Waals surface area contributed by atoms with Gasteiger partial charge >= 0.3 is 0 Å².